The molecule has 4 amide bonds. The number of nitrogens with two attached hydrogens (primary N) is 7. The second kappa shape index (κ2) is 26.8. The summed E-state index contributed by atoms with van der Waals surface area (Å²) in [7, 11) is 0. The number of amidine groups is 1. The van der Waals surface area contributed by atoms with Gasteiger partial charge in [0.2, 0.25) is 11.8 Å². The second-order valence-corrected chi connectivity index (χ2v) is 20.3. The van der Waals surface area contributed by atoms with E-state index >= 15 is 0 Å². The van der Waals surface area contributed by atoms with Crippen molar-refractivity contribution in [2.45, 2.75) is 114 Å². The summed E-state index contributed by atoms with van der Waals surface area (Å²) in [5.41, 5.74) is 41.9. The number of hydrogen-bond donors (Lipinski definition) is 12. The summed E-state index contributed by atoms with van der Waals surface area (Å²) in [6.45, 7) is 13.3. The topological polar surface area (TPSA) is 359 Å². The summed E-state index contributed by atoms with van der Waals surface area (Å²) in [6.07, 6.45) is 3.75. The van der Waals surface area contributed by atoms with Gasteiger partial charge in [-0.2, -0.15) is 0 Å². The monoisotopic (exact) mass is 974 g/mol. The summed E-state index contributed by atoms with van der Waals surface area (Å²) in [6, 6.07) is 13.9. The van der Waals surface area contributed by atoms with Gasteiger partial charge in [-0.15, -0.1) is 23.5 Å². The molecule has 0 bridgehead atoms. The molecule has 0 atom stereocenters. The number of carbonyl (C=O) groups is 4. The summed E-state index contributed by atoms with van der Waals surface area (Å²) in [5.74, 6) is -0.445. The Morgan fingerprint density at radius 2 is 0.897 bits per heavy atom. The lowest BCUT2D eigenvalue weighted by atomic mass is 9.86. The van der Waals surface area contributed by atoms with Crippen LogP contribution in [0.5, 0.6) is 0 Å². The zero-order valence-corrected chi connectivity index (χ0v) is 41.8. The Labute approximate surface area is 408 Å². The summed E-state index contributed by atoms with van der Waals surface area (Å²) >= 11 is 2.80. The Bertz CT molecular complexity index is 2340. The molecule has 0 aromatic heterocycles. The number of amides is 4. The number of anilines is 4. The molecule has 0 saturated heterocycles. The van der Waals surface area contributed by atoms with Crippen LogP contribution >= 0.6 is 23.5 Å². The lowest BCUT2D eigenvalue weighted by Crippen LogP contribution is -2.23. The van der Waals surface area contributed by atoms with E-state index < -0.39 is 11.8 Å². The number of carbonyl (C=O) groups excluding carboxylic acids is 4. The highest BCUT2D eigenvalue weighted by molar-refractivity contribution is 7.99. The minimum Gasteiger partial charge on any atom is -0.388 e. The van der Waals surface area contributed by atoms with Gasteiger partial charge in [0.1, 0.15) is 0 Å². The average Bonchev–Trinajstić information content (AvgIpc) is 3.23. The molecule has 0 unspecified atom stereocenters. The number of unbranched alkanes of at least 4 members (excludes halogenated alkanes) is 2. The van der Waals surface area contributed by atoms with Crippen LogP contribution in [0, 0.1) is 5.41 Å². The van der Waals surface area contributed by atoms with Crippen molar-refractivity contribution in [1.29, 1.82) is 5.41 Å². The molecule has 0 saturated carbocycles. The van der Waals surface area contributed by atoms with Crippen molar-refractivity contribution in [2.24, 2.45) is 55.1 Å². The lowest BCUT2D eigenvalue weighted by Gasteiger charge is -2.25. The number of guanidine groups is 3. The molecular weight excluding hydrogens is 903 g/mol. The van der Waals surface area contributed by atoms with Crippen LogP contribution in [0.4, 0.5) is 22.7 Å². The summed E-state index contributed by atoms with van der Waals surface area (Å²) in [5, 5.41) is 20.0. The zero-order chi connectivity index (χ0) is 50.6. The number of nitrogens with zero attached hydrogens (tertiary/aromatic N) is 3. The van der Waals surface area contributed by atoms with Crippen LogP contribution < -0.4 is 61.4 Å². The van der Waals surface area contributed by atoms with Gasteiger partial charge in [0.25, 0.3) is 11.8 Å². The second-order valence-electron chi connectivity index (χ2n) is 18.0. The van der Waals surface area contributed by atoms with Crippen LogP contribution in [0.15, 0.2) is 73.3 Å². The number of thioether (sulfide) groups is 2. The zero-order valence-electron chi connectivity index (χ0n) is 40.1. The molecular formula is C47H71N15O4S2. The van der Waals surface area contributed by atoms with Gasteiger partial charge in [-0.1, -0.05) is 47.6 Å². The quantitative estimate of drug-likeness (QED) is 0.0209. The maximum atomic E-state index is 14.3. The van der Waals surface area contributed by atoms with Crippen molar-refractivity contribution in [3.05, 3.63) is 70.8 Å². The van der Waals surface area contributed by atoms with E-state index in [-0.39, 0.29) is 76.9 Å². The molecule has 0 spiro atoms. The van der Waals surface area contributed by atoms with E-state index in [9.17, 15) is 19.2 Å². The Kier molecular flexibility index (Phi) is 22.0. The fraction of sp³-hybridized carbons (Fsp3) is 0.447. The molecule has 19 N–H and O–H groups in total. The number of nitrogens with one attached hydrogen (secondary N) is 5. The van der Waals surface area contributed by atoms with Gasteiger partial charge in [0, 0.05) is 49.2 Å². The van der Waals surface area contributed by atoms with Gasteiger partial charge >= 0.3 is 0 Å². The number of rotatable bonds is 25. The van der Waals surface area contributed by atoms with Crippen LogP contribution in [-0.2, 0) is 20.4 Å². The number of hydrogen-bond acceptors (Lipinski definition) is 10. The third-order valence-electron chi connectivity index (χ3n) is 10.0. The first kappa shape index (κ1) is 55.8. The molecule has 0 heterocycles. The molecule has 0 fully saturated rings. The molecule has 0 aliphatic heterocycles. The van der Waals surface area contributed by atoms with Crippen molar-refractivity contribution in [3.8, 4) is 0 Å². The Morgan fingerprint density at radius 1 is 0.515 bits per heavy atom. The maximum Gasteiger partial charge on any atom is 0.255 e. The van der Waals surface area contributed by atoms with Crippen molar-refractivity contribution in [2.75, 3.05) is 52.4 Å². The van der Waals surface area contributed by atoms with Crippen molar-refractivity contribution in [3.63, 3.8) is 0 Å². The number of benzene rings is 3. The lowest BCUT2D eigenvalue weighted by molar-refractivity contribution is -0.117. The fourth-order valence-corrected chi connectivity index (χ4v) is 8.33. The first-order chi connectivity index (χ1) is 31.9. The van der Waals surface area contributed by atoms with Gasteiger partial charge < -0.3 is 61.4 Å². The van der Waals surface area contributed by atoms with E-state index in [0.29, 0.717) is 95.7 Å². The SMILES string of the molecule is CC(C)(C)c1cc(NC(=O)CCCCN=C(N)N)c(SCCCC(=N)N)c(NC(=O)c2cccc(C(=O)Nc3cc(C(C)(C)C)cc(NC(=O)CCCCN=C(N)N)c3SCCN=C(N)N)c2)c1. The average molecular weight is 974 g/mol. The van der Waals surface area contributed by atoms with Crippen molar-refractivity contribution >= 4 is 93.6 Å². The van der Waals surface area contributed by atoms with Crippen molar-refractivity contribution < 1.29 is 19.2 Å². The standard InChI is InChI=1S/C47H71N15O4S2/c1-46(2,3)30-24-32(59-37(63)16-7-9-18-56-43(50)51)39(67-21-12-15-36(48)49)34(26-30)61-41(65)28-13-11-14-29(23-28)42(66)62-35-27-31(47(4,5)6)25-33(40(35)68-22-20-58-45(54)55)60-38(64)17-8-10-19-57-44(52)53/h11,13-14,23-27H,7-10,12,15-22H2,1-6H3,(H3,48,49)(H,59,63)(H,60,64)(H,61,65)(H,62,66)(H4,50,51,56)(H4,52,53,57)(H4,54,55,58). The maximum absolute atomic E-state index is 14.3. The molecule has 0 aliphatic carbocycles. The molecule has 3 rings (SSSR count). The molecule has 68 heavy (non-hydrogen) atoms. The highest BCUT2D eigenvalue weighted by Crippen LogP contribution is 2.41. The first-order valence-electron chi connectivity index (χ1n) is 22.4. The predicted octanol–water partition coefficient (Wildman–Crippen LogP) is 5.72. The summed E-state index contributed by atoms with van der Waals surface area (Å²) in [4.78, 5) is 68.5. The molecule has 21 heteroatoms. The van der Waals surface area contributed by atoms with Crippen LogP contribution in [-0.4, -0.2) is 78.5 Å². The number of aliphatic imine (C=N–C) groups is 3. The normalized spacial score (nSPS) is 11.2. The summed E-state index contributed by atoms with van der Waals surface area (Å²) < 4.78 is 0. The van der Waals surface area contributed by atoms with E-state index in [0.717, 1.165) is 11.1 Å². The molecule has 370 valence electrons. The van der Waals surface area contributed by atoms with Crippen LogP contribution in [0.1, 0.15) is 125 Å². The van der Waals surface area contributed by atoms with Crippen LogP contribution in [0.2, 0.25) is 0 Å². The minimum atomic E-state index is -0.492. The van der Waals surface area contributed by atoms with E-state index in [1.54, 1.807) is 18.2 Å². The highest BCUT2D eigenvalue weighted by atomic mass is 32.2. The molecule has 3 aromatic rings. The van der Waals surface area contributed by atoms with Crippen LogP contribution in [0.25, 0.3) is 0 Å². The molecule has 19 nitrogen and oxygen atoms in total. The van der Waals surface area contributed by atoms with Gasteiger partial charge in [0.15, 0.2) is 17.9 Å². The Hall–Kier alpha value is -6.48. The van der Waals surface area contributed by atoms with E-state index in [1.165, 1.54) is 29.6 Å². The Morgan fingerprint density at radius 3 is 1.28 bits per heavy atom. The van der Waals surface area contributed by atoms with E-state index in [2.05, 4.69) is 36.2 Å². The molecule has 3 aromatic carbocycles. The third-order valence-corrected chi connectivity index (χ3v) is 12.4. The van der Waals surface area contributed by atoms with Gasteiger partial charge in [-0.25, -0.2) is 0 Å². The van der Waals surface area contributed by atoms with Gasteiger partial charge in [-0.05, 0) is 102 Å². The van der Waals surface area contributed by atoms with Crippen molar-refractivity contribution in [1.82, 2.24) is 0 Å². The Balaban J connectivity index is 2.02. The molecule has 0 radical (unpaired) electrons. The van der Waals surface area contributed by atoms with Gasteiger partial charge in [0.05, 0.1) is 44.9 Å². The molecule has 0 aliphatic rings. The largest absolute Gasteiger partial charge is 0.388 e. The minimum absolute atomic E-state index is 0.00442. The van der Waals surface area contributed by atoms with E-state index in [1.807, 2.05) is 65.8 Å². The fourth-order valence-electron chi connectivity index (χ4n) is 6.39. The smallest absolute Gasteiger partial charge is 0.255 e. The predicted molar refractivity (Wildman–Crippen MR) is 282 cm³/mol. The van der Waals surface area contributed by atoms with E-state index in [4.69, 9.17) is 45.5 Å². The van der Waals surface area contributed by atoms with Gasteiger partial charge in [-0.3, -0.25) is 39.6 Å². The highest BCUT2D eigenvalue weighted by Gasteiger charge is 2.25. The third kappa shape index (κ3) is 19.8. The first-order valence-corrected chi connectivity index (χ1v) is 24.4. The van der Waals surface area contributed by atoms with Crippen LogP contribution in [0.3, 0.4) is 0 Å².